The van der Waals surface area contributed by atoms with E-state index in [4.69, 9.17) is 23.7 Å². The normalized spacial score (nSPS) is 43.1. The van der Waals surface area contributed by atoms with Gasteiger partial charge in [-0.1, -0.05) is 43.2 Å². The molecule has 0 radical (unpaired) electrons. The Morgan fingerprint density at radius 1 is 1.00 bits per heavy atom. The monoisotopic (exact) mass is 556 g/mol. The minimum absolute atomic E-state index is 0.0835. The molecule has 5 nitrogen and oxygen atoms in total. The number of rotatable bonds is 11. The molecule has 1 aliphatic heterocycles. The first-order valence-corrected chi connectivity index (χ1v) is 16.2. The Bertz CT molecular complexity index is 940. The highest BCUT2D eigenvalue weighted by atomic mass is 16.7. The molecular weight excluding hydrogens is 500 g/mol. The molecule has 0 spiro atoms. The second-order valence-electron chi connectivity index (χ2n) is 14.0. The molecule has 0 amide bonds. The second-order valence-corrected chi connectivity index (χ2v) is 14.0. The van der Waals surface area contributed by atoms with Crippen molar-refractivity contribution in [2.24, 2.45) is 34.5 Å². The number of hydrogen-bond acceptors (Lipinski definition) is 5. The lowest BCUT2D eigenvalue weighted by molar-refractivity contribution is -0.208. The van der Waals surface area contributed by atoms with Crippen LogP contribution in [0, 0.1) is 34.5 Å². The van der Waals surface area contributed by atoms with Gasteiger partial charge in [0.1, 0.15) is 12.2 Å². The minimum Gasteiger partial charge on any atom is -0.385 e. The van der Waals surface area contributed by atoms with E-state index in [1.54, 1.807) is 32.5 Å². The quantitative estimate of drug-likeness (QED) is 0.193. The number of unbranched alkanes of at least 4 members (excludes halogenated alkanes) is 2. The van der Waals surface area contributed by atoms with Crippen LogP contribution in [0.5, 0.6) is 0 Å². The summed E-state index contributed by atoms with van der Waals surface area (Å²) in [6, 6.07) is 0. The third-order valence-electron chi connectivity index (χ3n) is 11.9. The van der Waals surface area contributed by atoms with E-state index in [2.05, 4.69) is 39.0 Å². The lowest BCUT2D eigenvalue weighted by Gasteiger charge is -2.58. The van der Waals surface area contributed by atoms with Gasteiger partial charge in [0.15, 0.2) is 6.29 Å². The third-order valence-corrected chi connectivity index (χ3v) is 11.9. The maximum absolute atomic E-state index is 6.54. The summed E-state index contributed by atoms with van der Waals surface area (Å²) in [6.45, 7) is 9.07. The van der Waals surface area contributed by atoms with Crippen LogP contribution in [0.2, 0.25) is 0 Å². The van der Waals surface area contributed by atoms with Crippen LogP contribution in [-0.4, -0.2) is 59.1 Å². The first-order chi connectivity index (χ1) is 19.3. The van der Waals surface area contributed by atoms with E-state index in [0.29, 0.717) is 17.4 Å². The maximum Gasteiger partial charge on any atom is 0.177 e. The summed E-state index contributed by atoms with van der Waals surface area (Å²) in [6.07, 6.45) is 22.8. The van der Waals surface area contributed by atoms with Gasteiger partial charge in [-0.05, 0) is 118 Å². The average molecular weight is 557 g/mol. The highest BCUT2D eigenvalue weighted by Gasteiger charge is 2.58. The van der Waals surface area contributed by atoms with Crippen molar-refractivity contribution in [3.05, 3.63) is 35.5 Å². The molecule has 0 bridgehead atoms. The van der Waals surface area contributed by atoms with Crippen LogP contribution in [0.3, 0.4) is 0 Å². The molecule has 1 unspecified atom stereocenters. The molecule has 0 aromatic heterocycles. The molecule has 3 fully saturated rings. The lowest BCUT2D eigenvalue weighted by atomic mass is 9.47. The molecule has 1 heterocycles. The first-order valence-electron chi connectivity index (χ1n) is 16.2. The van der Waals surface area contributed by atoms with E-state index in [1.165, 1.54) is 57.8 Å². The molecule has 10 atom stereocenters. The lowest BCUT2D eigenvalue weighted by Crippen LogP contribution is -2.51. The Balaban J connectivity index is 1.22. The van der Waals surface area contributed by atoms with Crippen LogP contribution in [0.4, 0.5) is 0 Å². The van der Waals surface area contributed by atoms with Crippen LogP contribution < -0.4 is 0 Å². The van der Waals surface area contributed by atoms with Gasteiger partial charge >= 0.3 is 0 Å². The number of hydrogen-bond donors (Lipinski definition) is 0. The Labute approximate surface area is 244 Å². The zero-order chi connectivity index (χ0) is 28.3. The van der Waals surface area contributed by atoms with E-state index in [-0.39, 0.29) is 24.6 Å². The van der Waals surface area contributed by atoms with Crippen molar-refractivity contribution in [2.75, 3.05) is 34.5 Å². The van der Waals surface area contributed by atoms with Crippen molar-refractivity contribution < 1.29 is 23.7 Å². The fourth-order valence-electron chi connectivity index (χ4n) is 9.77. The first kappa shape index (κ1) is 30.5. The number of fused-ring (bicyclic) bond motifs is 5. The molecule has 40 heavy (non-hydrogen) atoms. The molecule has 5 aliphatic rings. The maximum atomic E-state index is 6.54. The van der Waals surface area contributed by atoms with Crippen LogP contribution in [0.1, 0.15) is 91.4 Å². The van der Waals surface area contributed by atoms with Gasteiger partial charge in [0.2, 0.25) is 0 Å². The molecule has 3 saturated carbocycles. The third kappa shape index (κ3) is 5.93. The smallest absolute Gasteiger partial charge is 0.177 e. The molecule has 0 aromatic rings. The highest BCUT2D eigenvalue weighted by Crippen LogP contribution is 2.67. The molecule has 226 valence electrons. The number of ether oxygens (including phenoxy) is 5. The SMILES string of the molecule is COCCCC/C=C(\C)[C@H]1CC[C@H]2[C@@H]3CC=C4C[C@@H](OC5C=C[C@H](OC)[C@@H](COC)O5)CC[C@]4(C)[C@H]3CC[C@]12C. The van der Waals surface area contributed by atoms with Gasteiger partial charge in [-0.2, -0.15) is 0 Å². The van der Waals surface area contributed by atoms with Crippen molar-refractivity contribution in [3.63, 3.8) is 0 Å². The second kappa shape index (κ2) is 13.1. The Hall–Kier alpha value is -0.980. The summed E-state index contributed by atoms with van der Waals surface area (Å²) in [5.74, 6) is 3.30. The number of methoxy groups -OCH3 is 3. The Kier molecular flexibility index (Phi) is 10.00. The van der Waals surface area contributed by atoms with Gasteiger partial charge in [-0.25, -0.2) is 0 Å². The zero-order valence-corrected chi connectivity index (χ0v) is 26.2. The predicted octanol–water partition coefficient (Wildman–Crippen LogP) is 7.66. The average Bonchev–Trinajstić information content (AvgIpc) is 3.31. The van der Waals surface area contributed by atoms with E-state index < -0.39 is 0 Å². The van der Waals surface area contributed by atoms with Gasteiger partial charge in [0.05, 0.1) is 12.7 Å². The van der Waals surface area contributed by atoms with Crippen molar-refractivity contribution in [1.29, 1.82) is 0 Å². The van der Waals surface area contributed by atoms with Crippen LogP contribution in [0.15, 0.2) is 35.5 Å². The van der Waals surface area contributed by atoms with Crippen LogP contribution in [-0.2, 0) is 23.7 Å². The standard InChI is InChI=1S/C35H56O5/c1-24(10-8-7-9-21-36-4)28-13-14-29-27-12-11-25-22-26(17-19-34(25,2)30(27)18-20-35(28,29)3)39-33-16-15-31(38-6)32(40-33)23-37-5/h10-11,15-16,26-33H,7-9,12-14,17-23H2,1-6H3/b24-10+/t26-,27-,28+,29-,30-,31-,32+,33?,34-,35+/m0/s1. The number of allylic oxidation sites excluding steroid dienone is 3. The van der Waals surface area contributed by atoms with E-state index in [1.807, 2.05) is 6.08 Å². The molecule has 0 aromatic carbocycles. The van der Waals surface area contributed by atoms with E-state index in [0.717, 1.165) is 43.1 Å². The Morgan fingerprint density at radius 2 is 1.85 bits per heavy atom. The van der Waals surface area contributed by atoms with Crippen molar-refractivity contribution in [2.45, 2.75) is 116 Å². The zero-order valence-electron chi connectivity index (χ0n) is 26.2. The van der Waals surface area contributed by atoms with Gasteiger partial charge < -0.3 is 23.7 Å². The molecule has 5 heteroatoms. The largest absolute Gasteiger partial charge is 0.385 e. The van der Waals surface area contributed by atoms with E-state index in [9.17, 15) is 0 Å². The van der Waals surface area contributed by atoms with E-state index >= 15 is 0 Å². The summed E-state index contributed by atoms with van der Waals surface area (Å²) in [5, 5.41) is 0. The summed E-state index contributed by atoms with van der Waals surface area (Å²) < 4.78 is 28.9. The molecule has 0 N–H and O–H groups in total. The van der Waals surface area contributed by atoms with Gasteiger partial charge in [0, 0.05) is 27.9 Å². The summed E-state index contributed by atoms with van der Waals surface area (Å²) >= 11 is 0. The summed E-state index contributed by atoms with van der Waals surface area (Å²) in [5.41, 5.74) is 4.13. The summed E-state index contributed by atoms with van der Waals surface area (Å²) in [7, 11) is 5.23. The predicted molar refractivity (Wildman–Crippen MR) is 160 cm³/mol. The highest BCUT2D eigenvalue weighted by molar-refractivity contribution is 5.26. The topological polar surface area (TPSA) is 46.2 Å². The summed E-state index contributed by atoms with van der Waals surface area (Å²) in [4.78, 5) is 0. The van der Waals surface area contributed by atoms with Crippen LogP contribution >= 0.6 is 0 Å². The van der Waals surface area contributed by atoms with Crippen LogP contribution in [0.25, 0.3) is 0 Å². The molecular formula is C35H56O5. The fourth-order valence-corrected chi connectivity index (χ4v) is 9.77. The van der Waals surface area contributed by atoms with Gasteiger partial charge in [0.25, 0.3) is 0 Å². The fraction of sp³-hybridized carbons (Fsp3) is 0.829. The van der Waals surface area contributed by atoms with Gasteiger partial charge in [-0.3, -0.25) is 0 Å². The molecule has 0 saturated heterocycles. The van der Waals surface area contributed by atoms with Gasteiger partial charge in [-0.15, -0.1) is 0 Å². The molecule has 5 rings (SSSR count). The Morgan fingerprint density at radius 3 is 2.62 bits per heavy atom. The van der Waals surface area contributed by atoms with Crippen molar-refractivity contribution in [1.82, 2.24) is 0 Å². The van der Waals surface area contributed by atoms with Crippen molar-refractivity contribution >= 4 is 0 Å². The van der Waals surface area contributed by atoms with Crippen molar-refractivity contribution in [3.8, 4) is 0 Å². The minimum atomic E-state index is -0.320. The molecule has 4 aliphatic carbocycles.